The molecule has 0 bridgehead atoms. The summed E-state index contributed by atoms with van der Waals surface area (Å²) in [5, 5.41) is 11.7. The Bertz CT molecular complexity index is 644. The lowest BCUT2D eigenvalue weighted by Crippen LogP contribution is -2.76. The number of hydrazine groups is 2. The van der Waals surface area contributed by atoms with E-state index >= 15 is 0 Å². The number of alkyl halides is 3. The zero-order valence-corrected chi connectivity index (χ0v) is 17.2. The molecule has 2 aliphatic heterocycles. The lowest BCUT2D eigenvalue weighted by molar-refractivity contribution is -0.198. The second-order valence-corrected chi connectivity index (χ2v) is 9.05. The lowest BCUT2D eigenvalue weighted by Gasteiger charge is -2.49. The number of carbonyl (C=O) groups excluding carboxylic acids is 1. The van der Waals surface area contributed by atoms with E-state index in [9.17, 15) is 37.1 Å². The van der Waals surface area contributed by atoms with Gasteiger partial charge in [-0.25, -0.2) is 20.9 Å². The fraction of sp³-hybridized carbons (Fsp3) is 0.867. The number of amides is 1. The fourth-order valence-corrected chi connectivity index (χ4v) is 4.53. The highest BCUT2D eigenvalue weighted by atomic mass is 31.2. The van der Waals surface area contributed by atoms with Gasteiger partial charge in [-0.3, -0.25) is 19.1 Å². The smallest absolute Gasteiger partial charge is 0.471 e. The Labute approximate surface area is 171 Å². The number of nitrogens with zero attached hydrogens (tertiary/aromatic N) is 3. The Hall–Kier alpha value is -1.28. The van der Waals surface area contributed by atoms with Crippen molar-refractivity contribution in [3.63, 3.8) is 0 Å². The average molecular weight is 461 g/mol. The fourth-order valence-electron chi connectivity index (χ4n) is 3.51. The van der Waals surface area contributed by atoms with Crippen LogP contribution in [0.4, 0.5) is 13.2 Å². The third-order valence-corrected chi connectivity index (χ3v) is 6.22. The van der Waals surface area contributed by atoms with Crippen molar-refractivity contribution in [1.29, 1.82) is 0 Å². The molecule has 30 heavy (non-hydrogen) atoms. The number of halogens is 3. The summed E-state index contributed by atoms with van der Waals surface area (Å²) < 4.78 is 52.5. The number of piperidine rings is 2. The molecule has 0 aromatic carbocycles. The highest BCUT2D eigenvalue weighted by Crippen LogP contribution is 2.50. The Kier molecular flexibility index (Phi) is 8.24. The number of hydrogen-bond donors (Lipinski definition) is 5. The minimum atomic E-state index is -5.64. The molecule has 0 aliphatic carbocycles. The predicted octanol–water partition coefficient (Wildman–Crippen LogP) is 0.232. The molecule has 0 spiro atoms. The molecule has 2 fully saturated rings. The van der Waals surface area contributed by atoms with E-state index in [1.807, 2.05) is 0 Å². The summed E-state index contributed by atoms with van der Waals surface area (Å²) in [6, 6.07) is 0. The number of carboxylic acids is 1. The number of carbonyl (C=O) groups is 2. The second-order valence-electron chi connectivity index (χ2n) is 7.32. The minimum Gasteiger partial charge on any atom is -0.480 e. The largest absolute Gasteiger partial charge is 0.480 e. The van der Waals surface area contributed by atoms with Crippen molar-refractivity contribution in [2.24, 2.45) is 0 Å². The van der Waals surface area contributed by atoms with E-state index in [4.69, 9.17) is 5.11 Å². The number of hydrogen-bond acceptors (Lipinski definition) is 7. The SMILES string of the molecule is O=C(O)CN(C(=O)C(F)(F)F)C(NN1CCCCC1)(NN1CCCCC1)P(=O)(O)O. The van der Waals surface area contributed by atoms with Crippen LogP contribution < -0.4 is 10.9 Å². The summed E-state index contributed by atoms with van der Waals surface area (Å²) >= 11 is 0. The van der Waals surface area contributed by atoms with Crippen molar-refractivity contribution in [2.45, 2.75) is 50.2 Å². The molecule has 2 aliphatic rings. The quantitative estimate of drug-likeness (QED) is 0.252. The van der Waals surface area contributed by atoms with Gasteiger partial charge in [0, 0.05) is 26.2 Å². The lowest BCUT2D eigenvalue weighted by atomic mass is 10.2. The van der Waals surface area contributed by atoms with Gasteiger partial charge >= 0.3 is 25.6 Å². The first-order chi connectivity index (χ1) is 13.9. The summed E-state index contributed by atoms with van der Waals surface area (Å²) in [7, 11) is -5.64. The summed E-state index contributed by atoms with van der Waals surface area (Å²) in [4.78, 5) is 43.4. The highest BCUT2D eigenvalue weighted by molar-refractivity contribution is 7.53. The third-order valence-electron chi connectivity index (χ3n) is 4.93. The van der Waals surface area contributed by atoms with E-state index in [0.29, 0.717) is 25.7 Å². The van der Waals surface area contributed by atoms with Crippen molar-refractivity contribution < 1.29 is 42.2 Å². The maximum Gasteiger partial charge on any atom is 0.471 e. The van der Waals surface area contributed by atoms with Crippen molar-refractivity contribution in [3.05, 3.63) is 0 Å². The first-order valence-electron chi connectivity index (χ1n) is 9.58. The predicted molar refractivity (Wildman–Crippen MR) is 97.3 cm³/mol. The van der Waals surface area contributed by atoms with Crippen molar-refractivity contribution in [1.82, 2.24) is 25.8 Å². The summed E-state index contributed by atoms with van der Waals surface area (Å²) in [6.07, 6.45) is -1.47. The summed E-state index contributed by atoms with van der Waals surface area (Å²) in [6.45, 7) is -0.560. The van der Waals surface area contributed by atoms with Crippen LogP contribution in [-0.4, -0.2) is 86.1 Å². The van der Waals surface area contributed by atoms with Crippen molar-refractivity contribution in [2.75, 3.05) is 32.7 Å². The van der Waals surface area contributed by atoms with E-state index < -0.39 is 37.7 Å². The zero-order chi connectivity index (χ0) is 22.6. The molecule has 174 valence electrons. The maximum absolute atomic E-state index is 13.3. The molecule has 0 aromatic heterocycles. The monoisotopic (exact) mass is 461 g/mol. The Morgan fingerprint density at radius 3 is 1.60 bits per heavy atom. The molecule has 2 saturated heterocycles. The third kappa shape index (κ3) is 6.13. The molecular weight excluding hydrogens is 434 g/mol. The van der Waals surface area contributed by atoms with Crippen LogP contribution >= 0.6 is 7.60 Å². The minimum absolute atomic E-state index is 0.255. The summed E-state index contributed by atoms with van der Waals surface area (Å²) in [5.74, 6) is -4.53. The Balaban J connectivity index is 2.55. The standard InChI is InChI=1S/C15H27F3N5O6P/c16-14(17,18)13(26)23(11-12(24)25)15(30(27,28)29,19-21-7-3-1-4-8-21)20-22-9-5-2-6-10-22/h19-20H,1-11H2,(H,24,25)(H2,27,28,29). The van der Waals surface area contributed by atoms with Gasteiger partial charge in [-0.2, -0.15) is 13.2 Å². The second kappa shape index (κ2) is 9.90. The van der Waals surface area contributed by atoms with E-state index in [1.54, 1.807) is 0 Å². The molecule has 1 amide bonds. The molecule has 2 heterocycles. The van der Waals surface area contributed by atoms with Crippen molar-refractivity contribution in [3.8, 4) is 0 Å². The number of carboxylic acid groups (broad SMARTS) is 1. The van der Waals surface area contributed by atoms with Gasteiger partial charge < -0.3 is 14.9 Å². The maximum atomic E-state index is 13.3. The molecule has 0 atom stereocenters. The van der Waals surface area contributed by atoms with Crippen LogP contribution in [0.1, 0.15) is 38.5 Å². The van der Waals surface area contributed by atoms with E-state index in [0.717, 1.165) is 12.8 Å². The number of nitrogens with one attached hydrogen (secondary N) is 2. The Morgan fingerprint density at radius 2 is 1.30 bits per heavy atom. The van der Waals surface area contributed by atoms with Crippen LogP contribution in [0.3, 0.4) is 0 Å². The molecule has 0 radical (unpaired) electrons. The number of rotatable bonds is 8. The van der Waals surface area contributed by atoms with Crippen LogP contribution in [0.2, 0.25) is 0 Å². The van der Waals surface area contributed by atoms with Gasteiger partial charge in [-0.1, -0.05) is 12.8 Å². The zero-order valence-electron chi connectivity index (χ0n) is 16.3. The van der Waals surface area contributed by atoms with Crippen LogP contribution in [0.15, 0.2) is 0 Å². The Morgan fingerprint density at radius 1 is 0.900 bits per heavy atom. The van der Waals surface area contributed by atoms with Gasteiger partial charge in [0.1, 0.15) is 6.54 Å². The van der Waals surface area contributed by atoms with Crippen LogP contribution in [-0.2, 0) is 14.2 Å². The first-order valence-corrected chi connectivity index (χ1v) is 11.2. The van der Waals surface area contributed by atoms with Gasteiger partial charge in [-0.15, -0.1) is 0 Å². The summed E-state index contributed by atoms with van der Waals surface area (Å²) in [5.41, 5.74) is 1.63. The van der Waals surface area contributed by atoms with Gasteiger partial charge in [-0.05, 0) is 25.7 Å². The van der Waals surface area contributed by atoms with Gasteiger partial charge in [0.2, 0.25) is 0 Å². The molecule has 0 aromatic rings. The topological polar surface area (TPSA) is 146 Å². The number of aliphatic carboxylic acids is 1. The van der Waals surface area contributed by atoms with Crippen LogP contribution in [0.5, 0.6) is 0 Å². The van der Waals surface area contributed by atoms with E-state index in [2.05, 4.69) is 10.9 Å². The van der Waals surface area contributed by atoms with E-state index in [1.165, 1.54) is 10.0 Å². The molecule has 11 nitrogen and oxygen atoms in total. The highest BCUT2D eigenvalue weighted by Gasteiger charge is 2.61. The molecule has 0 unspecified atom stereocenters. The molecule has 0 saturated carbocycles. The van der Waals surface area contributed by atoms with Gasteiger partial charge in [0.05, 0.1) is 0 Å². The van der Waals surface area contributed by atoms with Gasteiger partial charge in [0.25, 0.3) is 5.53 Å². The molecular formula is C15H27F3N5O6P. The van der Waals surface area contributed by atoms with E-state index in [-0.39, 0.29) is 31.1 Å². The van der Waals surface area contributed by atoms with Crippen LogP contribution in [0, 0.1) is 0 Å². The molecule has 15 heteroatoms. The van der Waals surface area contributed by atoms with Crippen LogP contribution in [0.25, 0.3) is 0 Å². The average Bonchev–Trinajstić information content (AvgIpc) is 2.65. The first kappa shape index (κ1) is 25.0. The molecule has 5 N–H and O–H groups in total. The normalized spacial score (nSPS) is 20.2. The van der Waals surface area contributed by atoms with Gasteiger partial charge in [0.15, 0.2) is 0 Å². The molecule has 2 rings (SSSR count). The van der Waals surface area contributed by atoms with Crippen molar-refractivity contribution >= 4 is 19.5 Å².